The molecule has 0 radical (unpaired) electrons. The number of carbonyl (C=O) groups excluding carboxylic acids is 2. The zero-order valence-corrected chi connectivity index (χ0v) is 16.6. The lowest BCUT2D eigenvalue weighted by atomic mass is 10.2. The highest BCUT2D eigenvalue weighted by molar-refractivity contribution is 6.04. The largest absolute Gasteiger partial charge is 0.423 e. The summed E-state index contributed by atoms with van der Waals surface area (Å²) in [5.74, 6) is -0.347. The number of aromatic nitrogens is 3. The Morgan fingerprint density at radius 2 is 1.70 bits per heavy atom. The van der Waals surface area contributed by atoms with E-state index in [1.165, 1.54) is 6.20 Å². The predicted molar refractivity (Wildman–Crippen MR) is 114 cm³/mol. The van der Waals surface area contributed by atoms with E-state index in [4.69, 9.17) is 4.74 Å². The van der Waals surface area contributed by atoms with Gasteiger partial charge in [0.25, 0.3) is 5.91 Å². The number of pyridine rings is 1. The highest BCUT2D eigenvalue weighted by Crippen LogP contribution is 2.20. The van der Waals surface area contributed by atoms with E-state index < -0.39 is 5.97 Å². The molecule has 0 atom stereocenters. The zero-order chi connectivity index (χ0) is 21.1. The molecule has 0 aliphatic carbocycles. The molecule has 0 bridgehead atoms. The fraction of sp³-hybridized carbons (Fsp3) is 0.130. The van der Waals surface area contributed by atoms with Crippen LogP contribution >= 0.6 is 0 Å². The first kappa shape index (κ1) is 19.3. The molecule has 1 N–H and O–H groups in total. The number of esters is 1. The number of fused-ring (bicyclic) bond motifs is 1. The minimum Gasteiger partial charge on any atom is -0.423 e. The van der Waals surface area contributed by atoms with Crippen molar-refractivity contribution >= 4 is 28.6 Å². The van der Waals surface area contributed by atoms with Crippen molar-refractivity contribution in [1.29, 1.82) is 0 Å². The number of hydrogen-bond acceptors (Lipinski definition) is 5. The molecule has 4 rings (SSSR count). The van der Waals surface area contributed by atoms with Crippen LogP contribution in [0.3, 0.4) is 0 Å². The quantitative estimate of drug-likeness (QED) is 0.394. The Bertz CT molecular complexity index is 1200. The van der Waals surface area contributed by atoms with Crippen LogP contribution < -0.4 is 10.1 Å². The fourth-order valence-electron chi connectivity index (χ4n) is 2.99. The Balaban J connectivity index is 1.43. The van der Waals surface area contributed by atoms with Gasteiger partial charge in [-0.05, 0) is 56.3 Å². The van der Waals surface area contributed by atoms with Gasteiger partial charge in [0, 0.05) is 28.9 Å². The molecule has 0 aliphatic heterocycles. The van der Waals surface area contributed by atoms with E-state index in [2.05, 4.69) is 15.4 Å². The molecule has 1 amide bonds. The number of anilines is 1. The number of amides is 1. The molecule has 0 aliphatic rings. The summed E-state index contributed by atoms with van der Waals surface area (Å²) < 4.78 is 7.23. The summed E-state index contributed by atoms with van der Waals surface area (Å²) in [6, 6.07) is 17.4. The third-order valence-electron chi connectivity index (χ3n) is 4.52. The summed E-state index contributed by atoms with van der Waals surface area (Å²) in [4.78, 5) is 29.0. The number of nitrogens with one attached hydrogen (secondary N) is 1. The first-order valence-electron chi connectivity index (χ1n) is 9.53. The summed E-state index contributed by atoms with van der Waals surface area (Å²) in [7, 11) is 0. The number of carbonyl (C=O) groups is 2. The van der Waals surface area contributed by atoms with Gasteiger partial charge in [0.05, 0.1) is 11.8 Å². The second-order valence-electron chi connectivity index (χ2n) is 7.05. The lowest BCUT2D eigenvalue weighted by Crippen LogP contribution is -2.12. The van der Waals surface area contributed by atoms with Crippen LogP contribution in [0.2, 0.25) is 0 Å². The molecule has 2 heterocycles. The Kier molecular flexibility index (Phi) is 5.26. The molecule has 0 saturated heterocycles. The highest BCUT2D eigenvalue weighted by atomic mass is 16.5. The molecule has 0 saturated carbocycles. The fourth-order valence-corrected chi connectivity index (χ4v) is 2.99. The normalized spacial score (nSPS) is 10.9. The number of benzene rings is 2. The second kappa shape index (κ2) is 8.16. The lowest BCUT2D eigenvalue weighted by molar-refractivity contribution is 0.0734. The van der Waals surface area contributed by atoms with Crippen molar-refractivity contribution in [3.63, 3.8) is 0 Å². The number of nitrogens with zero attached hydrogens (tertiary/aromatic N) is 3. The first-order chi connectivity index (χ1) is 14.5. The molecule has 30 heavy (non-hydrogen) atoms. The minimum atomic E-state index is -0.511. The van der Waals surface area contributed by atoms with Crippen molar-refractivity contribution in [1.82, 2.24) is 14.8 Å². The number of hydrogen-bond donors (Lipinski definition) is 1. The standard InChI is InChI=1S/C23H20N4O3/c1-15(2)27-21-17(14-25-27)12-18(13-24-21)23(29)30-20-10-8-19(9-11-20)26-22(28)16-6-4-3-5-7-16/h3-15H,1-2H3,(H,26,28). The minimum absolute atomic E-state index is 0.175. The van der Waals surface area contributed by atoms with Gasteiger partial charge >= 0.3 is 5.97 Å². The van der Waals surface area contributed by atoms with E-state index >= 15 is 0 Å². The van der Waals surface area contributed by atoms with Crippen LogP contribution in [-0.2, 0) is 0 Å². The van der Waals surface area contributed by atoms with Gasteiger partial charge in [0.1, 0.15) is 5.75 Å². The van der Waals surface area contributed by atoms with Crippen LogP contribution in [0.15, 0.2) is 73.1 Å². The van der Waals surface area contributed by atoms with Crippen molar-refractivity contribution in [3.8, 4) is 5.75 Å². The molecule has 7 nitrogen and oxygen atoms in total. The third-order valence-corrected chi connectivity index (χ3v) is 4.52. The lowest BCUT2D eigenvalue weighted by Gasteiger charge is -2.08. The summed E-state index contributed by atoms with van der Waals surface area (Å²) >= 11 is 0. The molecule has 0 unspecified atom stereocenters. The van der Waals surface area contributed by atoms with Crippen molar-refractivity contribution in [3.05, 3.63) is 84.2 Å². The maximum atomic E-state index is 12.5. The van der Waals surface area contributed by atoms with Gasteiger partial charge in [0.2, 0.25) is 0 Å². The Labute approximate surface area is 173 Å². The highest BCUT2D eigenvalue weighted by Gasteiger charge is 2.14. The van der Waals surface area contributed by atoms with Gasteiger partial charge in [-0.2, -0.15) is 5.10 Å². The van der Waals surface area contributed by atoms with Crippen LogP contribution in [-0.4, -0.2) is 26.6 Å². The van der Waals surface area contributed by atoms with E-state index in [9.17, 15) is 9.59 Å². The molecule has 0 fully saturated rings. The monoisotopic (exact) mass is 400 g/mol. The van der Waals surface area contributed by atoms with E-state index in [0.717, 1.165) is 11.0 Å². The number of ether oxygens (including phenoxy) is 1. The predicted octanol–water partition coefficient (Wildman–Crippen LogP) is 4.48. The van der Waals surface area contributed by atoms with E-state index in [1.807, 2.05) is 19.9 Å². The molecular weight excluding hydrogens is 380 g/mol. The average molecular weight is 400 g/mol. The van der Waals surface area contributed by atoms with Gasteiger partial charge in [-0.1, -0.05) is 18.2 Å². The number of rotatable bonds is 5. The molecule has 7 heteroatoms. The van der Waals surface area contributed by atoms with Crippen LogP contribution in [0.1, 0.15) is 40.6 Å². The molecular formula is C23H20N4O3. The molecule has 4 aromatic rings. The summed E-state index contributed by atoms with van der Waals surface area (Å²) in [5, 5.41) is 7.88. The second-order valence-corrected chi connectivity index (χ2v) is 7.05. The average Bonchev–Trinajstić information content (AvgIpc) is 3.19. The van der Waals surface area contributed by atoms with Crippen molar-refractivity contribution in [2.75, 3.05) is 5.32 Å². The van der Waals surface area contributed by atoms with Crippen molar-refractivity contribution in [2.24, 2.45) is 0 Å². The zero-order valence-electron chi connectivity index (χ0n) is 16.6. The summed E-state index contributed by atoms with van der Waals surface area (Å²) in [5.41, 5.74) is 2.23. The van der Waals surface area contributed by atoms with Gasteiger partial charge in [-0.15, -0.1) is 0 Å². The van der Waals surface area contributed by atoms with Crippen LogP contribution in [0, 0.1) is 0 Å². The van der Waals surface area contributed by atoms with E-state index in [-0.39, 0.29) is 11.9 Å². The summed E-state index contributed by atoms with van der Waals surface area (Å²) in [6.07, 6.45) is 3.17. The SMILES string of the molecule is CC(C)n1ncc2cc(C(=O)Oc3ccc(NC(=O)c4ccccc4)cc3)cnc21. The Morgan fingerprint density at radius 1 is 0.967 bits per heavy atom. The maximum absolute atomic E-state index is 12.5. The maximum Gasteiger partial charge on any atom is 0.345 e. The molecule has 2 aromatic heterocycles. The molecule has 0 spiro atoms. The van der Waals surface area contributed by atoms with Crippen molar-refractivity contribution in [2.45, 2.75) is 19.9 Å². The molecule has 150 valence electrons. The smallest absolute Gasteiger partial charge is 0.345 e. The van der Waals surface area contributed by atoms with Crippen LogP contribution in [0.25, 0.3) is 11.0 Å². The van der Waals surface area contributed by atoms with Gasteiger partial charge < -0.3 is 10.1 Å². The van der Waals surface area contributed by atoms with E-state index in [0.29, 0.717) is 22.6 Å². The van der Waals surface area contributed by atoms with Crippen molar-refractivity contribution < 1.29 is 14.3 Å². The summed E-state index contributed by atoms with van der Waals surface area (Å²) in [6.45, 7) is 4.03. The van der Waals surface area contributed by atoms with Gasteiger partial charge in [-0.3, -0.25) is 4.79 Å². The van der Waals surface area contributed by atoms with Gasteiger partial charge in [0.15, 0.2) is 5.65 Å². The van der Waals surface area contributed by atoms with Gasteiger partial charge in [-0.25, -0.2) is 14.5 Å². The topological polar surface area (TPSA) is 86.1 Å². The van der Waals surface area contributed by atoms with Crippen LogP contribution in [0.4, 0.5) is 5.69 Å². The Morgan fingerprint density at radius 3 is 2.40 bits per heavy atom. The first-order valence-corrected chi connectivity index (χ1v) is 9.53. The Hall–Kier alpha value is -4.00. The van der Waals surface area contributed by atoms with Crippen LogP contribution in [0.5, 0.6) is 5.75 Å². The van der Waals surface area contributed by atoms with E-state index in [1.54, 1.807) is 65.5 Å². The third kappa shape index (κ3) is 4.05. The molecule has 2 aromatic carbocycles.